The van der Waals surface area contributed by atoms with Gasteiger partial charge in [0, 0.05) is 23.3 Å². The molecule has 0 saturated heterocycles. The lowest BCUT2D eigenvalue weighted by atomic mass is 10.1. The minimum atomic E-state index is -0.0177. The Bertz CT molecular complexity index is 1210. The lowest BCUT2D eigenvalue weighted by molar-refractivity contribution is 0.195. The number of aryl methyl sites for hydroxylation is 1. The second kappa shape index (κ2) is 7.55. The number of nitrogen functional groups attached to an aromatic ring is 1. The van der Waals surface area contributed by atoms with E-state index in [1.807, 2.05) is 18.2 Å². The van der Waals surface area contributed by atoms with Crippen LogP contribution in [0.3, 0.4) is 0 Å². The molecule has 30 heavy (non-hydrogen) atoms. The number of hydrogen-bond donors (Lipinski definition) is 3. The fraction of sp³-hybridized carbons (Fsp3) is 0.227. The number of benzene rings is 1. The molecule has 0 radical (unpaired) electrons. The minimum Gasteiger partial charge on any atom is -0.481 e. The summed E-state index contributed by atoms with van der Waals surface area (Å²) in [4.78, 5) is 16.5. The second-order valence-corrected chi connectivity index (χ2v) is 7.19. The molecule has 0 saturated carbocycles. The molecule has 8 heteroatoms. The third kappa shape index (κ3) is 3.26. The summed E-state index contributed by atoms with van der Waals surface area (Å²) in [6, 6.07) is 12.0. The molecule has 1 atom stereocenters. The van der Waals surface area contributed by atoms with E-state index in [1.165, 1.54) is 10.9 Å². The Labute approximate surface area is 173 Å². The van der Waals surface area contributed by atoms with E-state index in [2.05, 4.69) is 49.6 Å². The normalized spacial score (nSPS) is 15.3. The lowest BCUT2D eigenvalue weighted by Gasteiger charge is -2.27. The summed E-state index contributed by atoms with van der Waals surface area (Å²) in [7, 11) is 1.56. The molecule has 152 valence electrons. The zero-order valence-corrected chi connectivity index (χ0v) is 16.6. The topological polar surface area (TPSA) is 111 Å². The summed E-state index contributed by atoms with van der Waals surface area (Å²) < 4.78 is 11.5. The highest BCUT2D eigenvalue weighted by molar-refractivity contribution is 5.83. The van der Waals surface area contributed by atoms with Crippen LogP contribution in [0.4, 0.5) is 11.6 Å². The number of nitrogens with two attached hydrogens (primary N) is 1. The molecule has 5 rings (SSSR count). The van der Waals surface area contributed by atoms with Crippen LogP contribution < -0.4 is 20.5 Å². The van der Waals surface area contributed by atoms with Gasteiger partial charge in [0.1, 0.15) is 6.10 Å². The molecule has 0 amide bonds. The molecule has 4 heterocycles. The molecular weight excluding hydrogens is 380 g/mol. The SMILES string of the molecule is COc1ncccc1-c1nc(N)c2c(n1)NCC(CCc1c[nH]c3ccccc13)O2. The Morgan fingerprint density at radius 2 is 2.10 bits per heavy atom. The Balaban J connectivity index is 1.34. The average Bonchev–Trinajstić information content (AvgIpc) is 3.21. The summed E-state index contributed by atoms with van der Waals surface area (Å²) >= 11 is 0. The Hall–Kier alpha value is -3.81. The van der Waals surface area contributed by atoms with Gasteiger partial charge < -0.3 is 25.5 Å². The number of aromatic nitrogens is 4. The van der Waals surface area contributed by atoms with Crippen LogP contribution in [0.2, 0.25) is 0 Å². The smallest absolute Gasteiger partial charge is 0.224 e. The predicted molar refractivity (Wildman–Crippen MR) is 116 cm³/mol. The van der Waals surface area contributed by atoms with Crippen LogP contribution in [0.25, 0.3) is 22.3 Å². The summed E-state index contributed by atoms with van der Waals surface area (Å²) in [6.45, 7) is 0.648. The van der Waals surface area contributed by atoms with Crippen molar-refractivity contribution in [3.8, 4) is 23.0 Å². The molecule has 1 aromatic carbocycles. The maximum Gasteiger partial charge on any atom is 0.224 e. The van der Waals surface area contributed by atoms with E-state index in [0.29, 0.717) is 41.2 Å². The van der Waals surface area contributed by atoms with Gasteiger partial charge in [-0.15, -0.1) is 0 Å². The van der Waals surface area contributed by atoms with E-state index in [0.717, 1.165) is 18.4 Å². The summed E-state index contributed by atoms with van der Waals surface area (Å²) in [5, 5.41) is 4.59. The fourth-order valence-electron chi connectivity index (χ4n) is 3.78. The van der Waals surface area contributed by atoms with Crippen LogP contribution >= 0.6 is 0 Å². The van der Waals surface area contributed by atoms with Crippen LogP contribution in [-0.4, -0.2) is 39.7 Å². The predicted octanol–water partition coefficient (Wildman–Crippen LogP) is 3.42. The zero-order valence-electron chi connectivity index (χ0n) is 16.6. The highest BCUT2D eigenvalue weighted by atomic mass is 16.5. The van der Waals surface area contributed by atoms with Gasteiger partial charge in [-0.3, -0.25) is 0 Å². The van der Waals surface area contributed by atoms with Gasteiger partial charge in [-0.2, -0.15) is 0 Å². The number of rotatable bonds is 5. The highest BCUT2D eigenvalue weighted by Gasteiger charge is 2.25. The number of anilines is 2. The van der Waals surface area contributed by atoms with Crippen molar-refractivity contribution < 1.29 is 9.47 Å². The number of H-pyrrole nitrogens is 1. The standard InChI is InChI=1S/C22H22N6O2/c1-29-22-16(6-4-10-24-22)20-27-19(23)18-21(28-20)26-12-14(30-18)9-8-13-11-25-17-7-3-2-5-15(13)17/h2-7,10-11,14,25H,8-9,12H2,1H3,(H3,23,26,27,28). The van der Waals surface area contributed by atoms with E-state index in [-0.39, 0.29) is 6.10 Å². The number of nitrogens with one attached hydrogen (secondary N) is 2. The van der Waals surface area contributed by atoms with Crippen LogP contribution in [0.5, 0.6) is 11.6 Å². The Kier molecular flexibility index (Phi) is 4.59. The zero-order chi connectivity index (χ0) is 20.5. The molecule has 3 aromatic heterocycles. The van der Waals surface area contributed by atoms with Crippen molar-refractivity contribution in [1.82, 2.24) is 19.9 Å². The van der Waals surface area contributed by atoms with E-state index in [4.69, 9.17) is 15.2 Å². The number of hydrogen-bond acceptors (Lipinski definition) is 7. The largest absolute Gasteiger partial charge is 0.481 e. The van der Waals surface area contributed by atoms with Gasteiger partial charge in [0.05, 0.1) is 19.2 Å². The van der Waals surface area contributed by atoms with Crippen LogP contribution in [0, 0.1) is 0 Å². The molecule has 1 aliphatic heterocycles. The van der Waals surface area contributed by atoms with Gasteiger partial charge >= 0.3 is 0 Å². The van der Waals surface area contributed by atoms with Crippen molar-refractivity contribution in [3.63, 3.8) is 0 Å². The summed E-state index contributed by atoms with van der Waals surface area (Å²) in [5.41, 5.74) is 9.32. The maximum absolute atomic E-state index is 6.22. The molecule has 0 spiro atoms. The monoisotopic (exact) mass is 402 g/mol. The van der Waals surface area contributed by atoms with E-state index in [9.17, 15) is 0 Å². The van der Waals surface area contributed by atoms with Crippen LogP contribution in [-0.2, 0) is 6.42 Å². The van der Waals surface area contributed by atoms with Crippen molar-refractivity contribution >= 4 is 22.5 Å². The van der Waals surface area contributed by atoms with E-state index < -0.39 is 0 Å². The first-order valence-corrected chi connectivity index (χ1v) is 9.85. The van der Waals surface area contributed by atoms with E-state index in [1.54, 1.807) is 13.3 Å². The maximum atomic E-state index is 6.22. The molecule has 1 aliphatic rings. The average molecular weight is 402 g/mol. The molecule has 0 fully saturated rings. The van der Waals surface area contributed by atoms with Crippen LogP contribution in [0.1, 0.15) is 12.0 Å². The third-order valence-electron chi connectivity index (χ3n) is 5.29. The Morgan fingerprint density at radius 3 is 3.00 bits per heavy atom. The number of nitrogens with zero attached hydrogens (tertiary/aromatic N) is 3. The molecule has 8 nitrogen and oxygen atoms in total. The quantitative estimate of drug-likeness (QED) is 0.469. The van der Waals surface area contributed by atoms with Gasteiger partial charge in [0.15, 0.2) is 17.5 Å². The second-order valence-electron chi connectivity index (χ2n) is 7.19. The fourth-order valence-corrected chi connectivity index (χ4v) is 3.78. The molecular formula is C22H22N6O2. The van der Waals surface area contributed by atoms with Crippen molar-refractivity contribution in [2.45, 2.75) is 18.9 Å². The Morgan fingerprint density at radius 1 is 1.20 bits per heavy atom. The lowest BCUT2D eigenvalue weighted by Crippen LogP contribution is -2.32. The van der Waals surface area contributed by atoms with Crippen LogP contribution in [0.15, 0.2) is 48.8 Å². The third-order valence-corrected chi connectivity index (χ3v) is 5.29. The number of methoxy groups -OCH3 is 1. The van der Waals surface area contributed by atoms with Crippen molar-refractivity contribution in [2.75, 3.05) is 24.7 Å². The number of fused-ring (bicyclic) bond motifs is 2. The van der Waals surface area contributed by atoms with Crippen molar-refractivity contribution in [2.24, 2.45) is 0 Å². The van der Waals surface area contributed by atoms with Gasteiger partial charge in [0.25, 0.3) is 0 Å². The molecule has 0 aliphatic carbocycles. The van der Waals surface area contributed by atoms with Gasteiger partial charge in [0.2, 0.25) is 11.6 Å². The van der Waals surface area contributed by atoms with Crippen molar-refractivity contribution in [1.29, 1.82) is 0 Å². The summed E-state index contributed by atoms with van der Waals surface area (Å²) in [5.74, 6) is 2.28. The number of para-hydroxylation sites is 1. The first-order chi connectivity index (χ1) is 14.7. The van der Waals surface area contributed by atoms with E-state index >= 15 is 0 Å². The molecule has 4 N–H and O–H groups in total. The number of ether oxygens (including phenoxy) is 2. The van der Waals surface area contributed by atoms with Gasteiger partial charge in [-0.05, 0) is 36.6 Å². The van der Waals surface area contributed by atoms with Gasteiger partial charge in [-0.25, -0.2) is 15.0 Å². The molecule has 1 unspecified atom stereocenters. The molecule has 0 bridgehead atoms. The minimum absolute atomic E-state index is 0.0177. The summed E-state index contributed by atoms with van der Waals surface area (Å²) in [6.07, 6.45) is 5.46. The molecule has 4 aromatic rings. The first-order valence-electron chi connectivity index (χ1n) is 9.85. The first kappa shape index (κ1) is 18.2. The van der Waals surface area contributed by atoms with Gasteiger partial charge in [-0.1, -0.05) is 18.2 Å². The number of pyridine rings is 1. The number of aromatic amines is 1. The highest BCUT2D eigenvalue weighted by Crippen LogP contribution is 2.36. The van der Waals surface area contributed by atoms with Crippen molar-refractivity contribution in [3.05, 3.63) is 54.4 Å².